The molecule has 0 aliphatic carbocycles. The molecule has 1 aromatic rings. The number of carboxylic acids is 1. The number of hydrogen-bond donors (Lipinski definition) is 2. The second-order valence-corrected chi connectivity index (χ2v) is 6.38. The van der Waals surface area contributed by atoms with Crippen LogP contribution in [-0.2, 0) is 0 Å². The van der Waals surface area contributed by atoms with Gasteiger partial charge in [-0.2, -0.15) is 0 Å². The quantitative estimate of drug-likeness (QED) is 0.804. The molecule has 4 heteroatoms. The van der Waals surface area contributed by atoms with Crippen LogP contribution in [0.4, 0.5) is 11.4 Å². The van der Waals surface area contributed by atoms with E-state index in [1.54, 1.807) is 12.1 Å². The van der Waals surface area contributed by atoms with Crippen molar-refractivity contribution in [2.24, 2.45) is 11.3 Å². The van der Waals surface area contributed by atoms with Gasteiger partial charge in [0.15, 0.2) is 0 Å². The number of nitrogens with zero attached hydrogens (tertiary/aromatic N) is 1. The van der Waals surface area contributed by atoms with Crippen LogP contribution in [-0.4, -0.2) is 24.2 Å². The molecule has 3 N–H and O–H groups in total. The summed E-state index contributed by atoms with van der Waals surface area (Å²) in [5, 5.41) is 9.29. The molecule has 1 atom stereocenters. The fourth-order valence-corrected chi connectivity index (χ4v) is 2.69. The summed E-state index contributed by atoms with van der Waals surface area (Å²) in [6.07, 6.45) is 1.10. The molecule has 0 amide bonds. The molecule has 19 heavy (non-hydrogen) atoms. The standard InChI is InChI=1S/C15H22N2O2/c1-15(2,3)10-6-7-17(9-10)13-5-4-11(16)8-12(13)14(18)19/h4-5,8,10H,6-7,9,16H2,1-3H3,(H,18,19). The van der Waals surface area contributed by atoms with E-state index in [4.69, 9.17) is 5.73 Å². The molecule has 104 valence electrons. The van der Waals surface area contributed by atoms with Crippen LogP contribution in [0.25, 0.3) is 0 Å². The lowest BCUT2D eigenvalue weighted by molar-refractivity contribution is 0.0697. The average Bonchev–Trinajstić information content (AvgIpc) is 2.77. The van der Waals surface area contributed by atoms with Crippen molar-refractivity contribution in [2.75, 3.05) is 23.7 Å². The highest BCUT2D eigenvalue weighted by atomic mass is 16.4. The molecule has 1 fully saturated rings. The maximum absolute atomic E-state index is 11.3. The van der Waals surface area contributed by atoms with E-state index >= 15 is 0 Å². The minimum absolute atomic E-state index is 0.256. The van der Waals surface area contributed by atoms with E-state index in [0.29, 0.717) is 17.2 Å². The van der Waals surface area contributed by atoms with Gasteiger partial charge in [-0.05, 0) is 36.0 Å². The molecule has 0 spiro atoms. The van der Waals surface area contributed by atoms with Gasteiger partial charge in [-0.1, -0.05) is 20.8 Å². The summed E-state index contributed by atoms with van der Waals surface area (Å²) in [6, 6.07) is 5.14. The minimum atomic E-state index is -0.915. The largest absolute Gasteiger partial charge is 0.478 e. The Balaban J connectivity index is 2.27. The SMILES string of the molecule is CC(C)(C)C1CCN(c2ccc(N)cc2C(=O)O)C1. The first-order chi connectivity index (χ1) is 8.79. The van der Waals surface area contributed by atoms with Gasteiger partial charge in [-0.25, -0.2) is 4.79 Å². The Hall–Kier alpha value is -1.71. The van der Waals surface area contributed by atoms with Crippen LogP contribution < -0.4 is 10.6 Å². The lowest BCUT2D eigenvalue weighted by atomic mass is 9.80. The van der Waals surface area contributed by atoms with Crippen molar-refractivity contribution in [3.63, 3.8) is 0 Å². The van der Waals surface area contributed by atoms with Crippen LogP contribution in [0.5, 0.6) is 0 Å². The lowest BCUT2D eigenvalue weighted by Gasteiger charge is -2.28. The zero-order chi connectivity index (χ0) is 14.2. The van der Waals surface area contributed by atoms with E-state index in [2.05, 4.69) is 25.7 Å². The van der Waals surface area contributed by atoms with Crippen LogP contribution in [0, 0.1) is 11.3 Å². The fraction of sp³-hybridized carbons (Fsp3) is 0.533. The van der Waals surface area contributed by atoms with Gasteiger partial charge in [0.2, 0.25) is 0 Å². The normalized spacial score (nSPS) is 19.7. The van der Waals surface area contributed by atoms with Crippen molar-refractivity contribution >= 4 is 17.3 Å². The predicted molar refractivity (Wildman–Crippen MR) is 77.6 cm³/mol. The molecule has 0 saturated carbocycles. The molecule has 1 saturated heterocycles. The molecule has 1 aromatic carbocycles. The van der Waals surface area contributed by atoms with Gasteiger partial charge in [-0.3, -0.25) is 0 Å². The maximum atomic E-state index is 11.3. The molecule has 0 radical (unpaired) electrons. The minimum Gasteiger partial charge on any atom is -0.478 e. The number of nitrogen functional groups attached to an aromatic ring is 1. The second kappa shape index (κ2) is 4.76. The highest BCUT2D eigenvalue weighted by Gasteiger charge is 2.33. The first-order valence-electron chi connectivity index (χ1n) is 6.67. The van der Waals surface area contributed by atoms with Crippen molar-refractivity contribution in [3.8, 4) is 0 Å². The summed E-state index contributed by atoms with van der Waals surface area (Å²) in [7, 11) is 0. The summed E-state index contributed by atoms with van der Waals surface area (Å²) < 4.78 is 0. The monoisotopic (exact) mass is 262 g/mol. The predicted octanol–water partition coefficient (Wildman–Crippen LogP) is 2.84. The molecule has 1 aliphatic rings. The summed E-state index contributed by atoms with van der Waals surface area (Å²) >= 11 is 0. The Bertz CT molecular complexity index is 491. The average molecular weight is 262 g/mol. The Morgan fingerprint density at radius 3 is 2.63 bits per heavy atom. The maximum Gasteiger partial charge on any atom is 0.337 e. The van der Waals surface area contributed by atoms with Gasteiger partial charge in [0, 0.05) is 18.8 Å². The Kier molecular flexibility index (Phi) is 3.43. The smallest absolute Gasteiger partial charge is 0.337 e. The van der Waals surface area contributed by atoms with Crippen LogP contribution >= 0.6 is 0 Å². The van der Waals surface area contributed by atoms with E-state index in [0.717, 1.165) is 25.2 Å². The molecular formula is C15H22N2O2. The van der Waals surface area contributed by atoms with Crippen molar-refractivity contribution in [1.29, 1.82) is 0 Å². The summed E-state index contributed by atoms with van der Waals surface area (Å²) in [6.45, 7) is 8.53. The third-order valence-corrected chi connectivity index (χ3v) is 4.00. The first-order valence-corrected chi connectivity index (χ1v) is 6.67. The molecule has 1 unspecified atom stereocenters. The van der Waals surface area contributed by atoms with Crippen LogP contribution in [0.2, 0.25) is 0 Å². The summed E-state index contributed by atoms with van der Waals surface area (Å²) in [4.78, 5) is 13.5. The molecule has 0 aromatic heterocycles. The number of carbonyl (C=O) groups is 1. The number of benzene rings is 1. The highest BCUT2D eigenvalue weighted by molar-refractivity contribution is 5.95. The fourth-order valence-electron chi connectivity index (χ4n) is 2.69. The van der Waals surface area contributed by atoms with Gasteiger partial charge in [0.05, 0.1) is 11.3 Å². The van der Waals surface area contributed by atoms with Crippen molar-refractivity contribution in [3.05, 3.63) is 23.8 Å². The van der Waals surface area contributed by atoms with Crippen LogP contribution in [0.3, 0.4) is 0 Å². The van der Waals surface area contributed by atoms with Gasteiger partial charge in [0.25, 0.3) is 0 Å². The van der Waals surface area contributed by atoms with E-state index in [-0.39, 0.29) is 5.41 Å². The molecule has 4 nitrogen and oxygen atoms in total. The number of carboxylic acid groups (broad SMARTS) is 1. The van der Waals surface area contributed by atoms with Gasteiger partial charge >= 0.3 is 5.97 Å². The van der Waals surface area contributed by atoms with Gasteiger partial charge < -0.3 is 15.7 Å². The molecule has 2 rings (SSSR count). The number of nitrogens with two attached hydrogens (primary N) is 1. The molecule has 1 heterocycles. The summed E-state index contributed by atoms with van der Waals surface area (Å²) in [5.74, 6) is -0.326. The first kappa shape index (κ1) is 13.7. The summed E-state index contributed by atoms with van der Waals surface area (Å²) in [5.41, 5.74) is 7.51. The zero-order valence-corrected chi connectivity index (χ0v) is 11.8. The lowest BCUT2D eigenvalue weighted by Crippen LogP contribution is -2.26. The van der Waals surface area contributed by atoms with Crippen molar-refractivity contribution in [2.45, 2.75) is 27.2 Å². The van der Waals surface area contributed by atoms with Crippen molar-refractivity contribution in [1.82, 2.24) is 0 Å². The van der Waals surface area contributed by atoms with E-state index in [1.165, 1.54) is 0 Å². The second-order valence-electron chi connectivity index (χ2n) is 6.38. The van der Waals surface area contributed by atoms with E-state index in [9.17, 15) is 9.90 Å². The topological polar surface area (TPSA) is 66.6 Å². The number of hydrogen-bond acceptors (Lipinski definition) is 3. The van der Waals surface area contributed by atoms with Crippen LogP contribution in [0.1, 0.15) is 37.6 Å². The van der Waals surface area contributed by atoms with Crippen molar-refractivity contribution < 1.29 is 9.90 Å². The van der Waals surface area contributed by atoms with Crippen LogP contribution in [0.15, 0.2) is 18.2 Å². The number of rotatable bonds is 2. The third kappa shape index (κ3) is 2.83. The number of anilines is 2. The molecule has 1 aliphatic heterocycles. The Morgan fingerprint density at radius 2 is 2.11 bits per heavy atom. The third-order valence-electron chi connectivity index (χ3n) is 4.00. The van der Waals surface area contributed by atoms with E-state index < -0.39 is 5.97 Å². The Morgan fingerprint density at radius 1 is 1.42 bits per heavy atom. The number of aromatic carboxylic acids is 1. The molecule has 0 bridgehead atoms. The van der Waals surface area contributed by atoms with Gasteiger partial charge in [-0.15, -0.1) is 0 Å². The van der Waals surface area contributed by atoms with Gasteiger partial charge in [0.1, 0.15) is 0 Å². The molecular weight excluding hydrogens is 240 g/mol. The zero-order valence-electron chi connectivity index (χ0n) is 11.8. The van der Waals surface area contributed by atoms with E-state index in [1.807, 2.05) is 6.07 Å². The highest BCUT2D eigenvalue weighted by Crippen LogP contribution is 2.36. The Labute approximate surface area is 114 Å².